The van der Waals surface area contributed by atoms with Crippen molar-refractivity contribution in [2.24, 2.45) is 0 Å². The van der Waals surface area contributed by atoms with E-state index in [9.17, 15) is 10.1 Å². The number of H-pyrrole nitrogens is 1. The number of rotatable bonds is 5. The number of para-hydroxylation sites is 1. The molecular weight excluding hydrogens is 318 g/mol. The van der Waals surface area contributed by atoms with E-state index in [2.05, 4.69) is 28.9 Å². The van der Waals surface area contributed by atoms with Crippen LogP contribution in [0.1, 0.15) is 22.7 Å². The van der Waals surface area contributed by atoms with Gasteiger partial charge in [0.15, 0.2) is 5.75 Å². The molecule has 1 aromatic heterocycles. The minimum Gasteiger partial charge on any atom is -0.490 e. The fourth-order valence-corrected chi connectivity index (χ4v) is 3.33. The van der Waals surface area contributed by atoms with Crippen molar-refractivity contribution in [3.05, 3.63) is 69.4 Å². The monoisotopic (exact) mass is 339 g/mol. The first-order chi connectivity index (χ1) is 11.9. The highest BCUT2D eigenvalue weighted by Gasteiger charge is 2.24. The summed E-state index contributed by atoms with van der Waals surface area (Å²) < 4.78 is 5.12. The van der Waals surface area contributed by atoms with Gasteiger partial charge in [-0.25, -0.2) is 0 Å². The number of ether oxygens (including phenoxy) is 1. The smallest absolute Gasteiger partial charge is 0.311 e. The highest BCUT2D eigenvalue weighted by Crippen LogP contribution is 2.37. The number of fused-ring (bicyclic) bond motifs is 1. The van der Waals surface area contributed by atoms with E-state index in [1.54, 1.807) is 12.1 Å². The second-order valence-corrected chi connectivity index (χ2v) is 6.30. The molecule has 3 rings (SSSR count). The van der Waals surface area contributed by atoms with Crippen molar-refractivity contribution in [3.63, 3.8) is 0 Å². The van der Waals surface area contributed by atoms with Crippen LogP contribution in [0.15, 0.2) is 42.6 Å². The Hall–Kier alpha value is -2.86. The van der Waals surface area contributed by atoms with Gasteiger partial charge in [-0.05, 0) is 43.8 Å². The molecular formula is C19H21N3O3. The summed E-state index contributed by atoms with van der Waals surface area (Å²) in [6, 6.07) is 11.2. The van der Waals surface area contributed by atoms with E-state index in [0.29, 0.717) is 0 Å². The number of aromatic amines is 1. The van der Waals surface area contributed by atoms with Crippen LogP contribution < -0.4 is 4.74 Å². The summed E-state index contributed by atoms with van der Waals surface area (Å²) in [4.78, 5) is 16.4. The fraction of sp³-hybridized carbons (Fsp3) is 0.263. The molecule has 6 heteroatoms. The SMILES string of the molecule is COc1ccc(C(c2c[nH]c3c(C)cccc23)N(C)C)cc1[N+](=O)[O-]. The highest BCUT2D eigenvalue weighted by molar-refractivity contribution is 5.86. The first-order valence-electron chi connectivity index (χ1n) is 7.99. The maximum absolute atomic E-state index is 11.4. The van der Waals surface area contributed by atoms with Crippen molar-refractivity contribution in [1.29, 1.82) is 0 Å². The first kappa shape index (κ1) is 17.0. The molecule has 0 bridgehead atoms. The molecule has 1 heterocycles. The quantitative estimate of drug-likeness (QED) is 0.562. The van der Waals surface area contributed by atoms with Crippen molar-refractivity contribution in [2.75, 3.05) is 21.2 Å². The van der Waals surface area contributed by atoms with Gasteiger partial charge in [0.1, 0.15) is 0 Å². The summed E-state index contributed by atoms with van der Waals surface area (Å²) in [6.07, 6.45) is 1.98. The standard InChI is InChI=1S/C19H21N3O3/c1-12-6-5-7-14-15(11-20-18(12)14)19(21(2)3)13-8-9-17(25-4)16(10-13)22(23)24/h5-11,19-20H,1-4H3. The van der Waals surface area contributed by atoms with Gasteiger partial charge in [-0.2, -0.15) is 0 Å². The zero-order valence-corrected chi connectivity index (χ0v) is 14.7. The Morgan fingerprint density at radius 1 is 1.24 bits per heavy atom. The van der Waals surface area contributed by atoms with Crippen molar-refractivity contribution in [1.82, 2.24) is 9.88 Å². The van der Waals surface area contributed by atoms with Crippen molar-refractivity contribution < 1.29 is 9.66 Å². The lowest BCUT2D eigenvalue weighted by Gasteiger charge is -2.25. The number of hydrogen-bond donors (Lipinski definition) is 1. The zero-order chi connectivity index (χ0) is 18.1. The van der Waals surface area contributed by atoms with Crippen LogP contribution in [0.2, 0.25) is 0 Å². The predicted octanol–water partition coefficient (Wildman–Crippen LogP) is 4.04. The molecule has 3 aromatic rings. The molecule has 0 aliphatic heterocycles. The number of aromatic nitrogens is 1. The molecule has 0 fully saturated rings. The molecule has 0 radical (unpaired) electrons. The number of benzene rings is 2. The Labute approximate surface area is 146 Å². The summed E-state index contributed by atoms with van der Waals surface area (Å²) in [5.74, 6) is 0.265. The second kappa shape index (κ2) is 6.57. The number of aryl methyl sites for hydroxylation is 1. The molecule has 0 amide bonds. The predicted molar refractivity (Wildman–Crippen MR) is 98.2 cm³/mol. The minimum atomic E-state index is -0.408. The van der Waals surface area contributed by atoms with Crippen LogP contribution in [0, 0.1) is 17.0 Å². The lowest BCUT2D eigenvalue weighted by molar-refractivity contribution is -0.385. The summed E-state index contributed by atoms with van der Waals surface area (Å²) in [6.45, 7) is 2.06. The number of nitro groups is 1. The van der Waals surface area contributed by atoms with Gasteiger partial charge in [0.05, 0.1) is 18.1 Å². The lowest BCUT2D eigenvalue weighted by Crippen LogP contribution is -2.21. The normalized spacial score (nSPS) is 12.5. The summed E-state index contributed by atoms with van der Waals surface area (Å²) >= 11 is 0. The van der Waals surface area contributed by atoms with Crippen molar-refractivity contribution in [3.8, 4) is 5.75 Å². The van der Waals surface area contributed by atoms with E-state index in [0.717, 1.165) is 22.0 Å². The molecule has 25 heavy (non-hydrogen) atoms. The lowest BCUT2D eigenvalue weighted by atomic mass is 9.96. The largest absolute Gasteiger partial charge is 0.490 e. The van der Waals surface area contributed by atoms with E-state index in [4.69, 9.17) is 4.74 Å². The maximum atomic E-state index is 11.4. The van der Waals surface area contributed by atoms with Crippen LogP contribution in [0.4, 0.5) is 5.69 Å². The van der Waals surface area contributed by atoms with Gasteiger partial charge >= 0.3 is 5.69 Å². The van der Waals surface area contributed by atoms with E-state index in [1.807, 2.05) is 32.4 Å². The van der Waals surface area contributed by atoms with E-state index in [1.165, 1.54) is 12.7 Å². The maximum Gasteiger partial charge on any atom is 0.311 e. The highest BCUT2D eigenvalue weighted by atomic mass is 16.6. The van der Waals surface area contributed by atoms with Crippen LogP contribution >= 0.6 is 0 Å². The third kappa shape index (κ3) is 2.96. The van der Waals surface area contributed by atoms with Crippen LogP contribution in [0.25, 0.3) is 10.9 Å². The van der Waals surface area contributed by atoms with Crippen LogP contribution in [-0.2, 0) is 0 Å². The molecule has 6 nitrogen and oxygen atoms in total. The van der Waals surface area contributed by atoms with Gasteiger partial charge in [0, 0.05) is 23.2 Å². The van der Waals surface area contributed by atoms with E-state index < -0.39 is 4.92 Å². The molecule has 0 aliphatic carbocycles. The molecule has 0 saturated heterocycles. The molecule has 1 unspecified atom stereocenters. The van der Waals surface area contributed by atoms with Crippen molar-refractivity contribution in [2.45, 2.75) is 13.0 Å². The number of nitrogens with zero attached hydrogens (tertiary/aromatic N) is 2. The molecule has 130 valence electrons. The fourth-order valence-electron chi connectivity index (χ4n) is 3.33. The number of methoxy groups -OCH3 is 1. The summed E-state index contributed by atoms with van der Waals surface area (Å²) in [7, 11) is 5.37. The van der Waals surface area contributed by atoms with Gasteiger partial charge in [-0.1, -0.05) is 24.3 Å². The average Bonchev–Trinajstić information content (AvgIpc) is 3.00. The molecule has 2 aromatic carbocycles. The van der Waals surface area contributed by atoms with Gasteiger partial charge in [0.25, 0.3) is 0 Å². The third-order valence-corrected chi connectivity index (χ3v) is 4.48. The molecule has 0 aliphatic rings. The second-order valence-electron chi connectivity index (χ2n) is 6.30. The molecule has 0 saturated carbocycles. The Bertz CT molecular complexity index is 931. The summed E-state index contributed by atoms with van der Waals surface area (Å²) in [5.41, 5.74) is 4.17. The topological polar surface area (TPSA) is 71.4 Å². The van der Waals surface area contributed by atoms with E-state index >= 15 is 0 Å². The Balaban J connectivity index is 2.18. The number of hydrogen-bond acceptors (Lipinski definition) is 4. The van der Waals surface area contributed by atoms with Gasteiger partial charge in [-0.15, -0.1) is 0 Å². The Kier molecular flexibility index (Phi) is 4.46. The van der Waals surface area contributed by atoms with E-state index in [-0.39, 0.29) is 17.5 Å². The Morgan fingerprint density at radius 2 is 2.00 bits per heavy atom. The number of nitro benzene ring substituents is 1. The van der Waals surface area contributed by atoms with Crippen LogP contribution in [0.3, 0.4) is 0 Å². The molecule has 0 spiro atoms. The first-order valence-corrected chi connectivity index (χ1v) is 7.99. The van der Waals surface area contributed by atoms with Gasteiger partial charge < -0.3 is 9.72 Å². The Morgan fingerprint density at radius 3 is 2.64 bits per heavy atom. The van der Waals surface area contributed by atoms with Gasteiger partial charge in [-0.3, -0.25) is 15.0 Å². The average molecular weight is 339 g/mol. The number of nitrogens with one attached hydrogen (secondary N) is 1. The summed E-state index contributed by atoms with van der Waals surface area (Å²) in [5, 5.41) is 12.5. The van der Waals surface area contributed by atoms with Crippen LogP contribution in [-0.4, -0.2) is 36.0 Å². The molecule has 1 atom stereocenters. The van der Waals surface area contributed by atoms with Gasteiger partial charge in [0.2, 0.25) is 0 Å². The molecule has 1 N–H and O–H groups in total. The zero-order valence-electron chi connectivity index (χ0n) is 14.7. The van der Waals surface area contributed by atoms with Crippen molar-refractivity contribution >= 4 is 16.6 Å². The third-order valence-electron chi connectivity index (χ3n) is 4.48. The van der Waals surface area contributed by atoms with Crippen LogP contribution in [0.5, 0.6) is 5.75 Å². The minimum absolute atomic E-state index is 0.0251.